The Hall–Kier alpha value is -7.74. The summed E-state index contributed by atoms with van der Waals surface area (Å²) >= 11 is 1.24. The predicted octanol–water partition coefficient (Wildman–Crippen LogP) is 13.2. The van der Waals surface area contributed by atoms with E-state index in [0.29, 0.717) is 17.5 Å². The summed E-state index contributed by atoms with van der Waals surface area (Å²) in [6.45, 7) is 0. The number of hydrogen-bond acceptors (Lipinski definition) is 7. The maximum Gasteiger partial charge on any atom is 0.164 e. The molecular weight excluding hydrogens is 741 g/mol. The number of aromatic nitrogens is 6. The zero-order chi connectivity index (χ0) is 39.1. The Labute approximate surface area is 344 Å². The fourth-order valence-electron chi connectivity index (χ4n) is 7.86. The van der Waals surface area contributed by atoms with Gasteiger partial charge >= 0.3 is 0 Å². The molecule has 59 heavy (non-hydrogen) atoms. The summed E-state index contributed by atoms with van der Waals surface area (Å²) in [6, 6.07) is 67.1. The Morgan fingerprint density at radius 2 is 0.797 bits per heavy atom. The molecule has 0 radical (unpaired) electrons. The maximum absolute atomic E-state index is 5.19. The van der Waals surface area contributed by atoms with E-state index in [1.54, 1.807) is 0 Å². The first-order valence-electron chi connectivity index (χ1n) is 19.4. The quantitative estimate of drug-likeness (QED) is 0.150. The lowest BCUT2D eigenvalue weighted by atomic mass is 9.95. The Balaban J connectivity index is 1.01. The molecular formula is C52H32N6S. The van der Waals surface area contributed by atoms with Gasteiger partial charge in [-0.25, -0.2) is 19.9 Å². The fourth-order valence-corrected chi connectivity index (χ4v) is 8.41. The number of nitrogens with zero attached hydrogens (tertiary/aromatic N) is 6. The molecule has 0 aliphatic rings. The lowest BCUT2D eigenvalue weighted by Crippen LogP contribution is -2.00. The standard InChI is InChI=1S/C52H32N6S/c1-4-13-33(14-5-1)40-30-41(34-15-6-2-7-16-34)32-42(31-40)52-55-50(37-17-8-3-9-18-37)54-51(56-52)39-20-12-19-38(29-39)35-23-25-36(26-24-35)48-44-27-28-46-49(58-59-57-46)47(44)43-21-10-11-22-45(43)53-48/h1-32H. The van der Waals surface area contributed by atoms with Crippen LogP contribution in [-0.2, 0) is 0 Å². The van der Waals surface area contributed by atoms with Crippen molar-refractivity contribution in [2.24, 2.45) is 0 Å². The molecule has 0 aliphatic carbocycles. The van der Waals surface area contributed by atoms with Gasteiger partial charge in [0.05, 0.1) is 22.9 Å². The third-order valence-electron chi connectivity index (χ3n) is 10.8. The minimum absolute atomic E-state index is 0.605. The van der Waals surface area contributed by atoms with E-state index in [2.05, 4.69) is 148 Å². The SMILES string of the molecule is c1ccc(-c2cc(-c3ccccc3)cc(-c3nc(-c4ccccc4)nc(-c4cccc(-c5ccc(-c6nc7ccccc7c7c6ccc6nsnc67)cc5)c4)n3)c2)cc1. The molecule has 8 aromatic carbocycles. The number of hydrogen-bond donors (Lipinski definition) is 0. The van der Waals surface area contributed by atoms with Gasteiger partial charge in [0.1, 0.15) is 11.0 Å². The van der Waals surface area contributed by atoms with Gasteiger partial charge in [0.2, 0.25) is 0 Å². The molecule has 11 rings (SSSR count). The number of para-hydroxylation sites is 1. The second kappa shape index (κ2) is 14.6. The first kappa shape index (κ1) is 34.5. The van der Waals surface area contributed by atoms with Crippen LogP contribution in [0.15, 0.2) is 194 Å². The summed E-state index contributed by atoms with van der Waals surface area (Å²) in [5.41, 5.74) is 14.0. The molecule has 0 spiro atoms. The van der Waals surface area contributed by atoms with Crippen LogP contribution in [0.25, 0.3) is 112 Å². The van der Waals surface area contributed by atoms with E-state index in [9.17, 15) is 0 Å². The molecule has 7 heteroatoms. The highest BCUT2D eigenvalue weighted by molar-refractivity contribution is 7.00. The third-order valence-corrected chi connectivity index (χ3v) is 11.3. The van der Waals surface area contributed by atoms with Crippen molar-refractivity contribution in [3.8, 4) is 78.8 Å². The minimum Gasteiger partial charge on any atom is -0.247 e. The highest BCUT2D eigenvalue weighted by Crippen LogP contribution is 2.38. The summed E-state index contributed by atoms with van der Waals surface area (Å²) in [6.07, 6.45) is 0. The Morgan fingerprint density at radius 3 is 1.49 bits per heavy atom. The van der Waals surface area contributed by atoms with Crippen LogP contribution in [0.4, 0.5) is 0 Å². The Kier molecular flexibility index (Phi) is 8.56. The molecule has 3 heterocycles. The lowest BCUT2D eigenvalue weighted by Gasteiger charge is -2.13. The van der Waals surface area contributed by atoms with E-state index in [1.165, 1.54) is 11.7 Å². The molecule has 11 aromatic rings. The topological polar surface area (TPSA) is 77.3 Å². The smallest absolute Gasteiger partial charge is 0.164 e. The normalized spacial score (nSPS) is 11.4. The van der Waals surface area contributed by atoms with Gasteiger partial charge in [-0.1, -0.05) is 152 Å². The van der Waals surface area contributed by atoms with Crippen molar-refractivity contribution in [3.05, 3.63) is 194 Å². The Bertz CT molecular complexity index is 3260. The van der Waals surface area contributed by atoms with Crippen LogP contribution in [-0.4, -0.2) is 28.7 Å². The summed E-state index contributed by atoms with van der Waals surface area (Å²) in [7, 11) is 0. The number of benzene rings is 8. The predicted molar refractivity (Wildman–Crippen MR) is 242 cm³/mol. The molecule has 0 atom stereocenters. The van der Waals surface area contributed by atoms with Crippen molar-refractivity contribution >= 4 is 44.4 Å². The van der Waals surface area contributed by atoms with Gasteiger partial charge < -0.3 is 0 Å². The van der Waals surface area contributed by atoms with Gasteiger partial charge in [-0.05, 0) is 75.8 Å². The van der Waals surface area contributed by atoms with Crippen molar-refractivity contribution in [2.45, 2.75) is 0 Å². The minimum atomic E-state index is 0.605. The van der Waals surface area contributed by atoms with Crippen molar-refractivity contribution in [2.75, 3.05) is 0 Å². The zero-order valence-electron chi connectivity index (χ0n) is 31.6. The summed E-state index contributed by atoms with van der Waals surface area (Å²) in [5, 5.41) is 3.22. The molecule has 276 valence electrons. The summed E-state index contributed by atoms with van der Waals surface area (Å²) in [5.74, 6) is 1.83. The summed E-state index contributed by atoms with van der Waals surface area (Å²) < 4.78 is 9.21. The molecule has 3 aromatic heterocycles. The van der Waals surface area contributed by atoms with Gasteiger partial charge in [0.15, 0.2) is 17.5 Å². The number of pyridine rings is 1. The maximum atomic E-state index is 5.19. The third kappa shape index (κ3) is 6.49. The second-order valence-corrected chi connectivity index (χ2v) is 15.0. The molecule has 0 saturated heterocycles. The van der Waals surface area contributed by atoms with E-state index in [1.807, 2.05) is 54.6 Å². The van der Waals surface area contributed by atoms with Crippen LogP contribution in [0, 0.1) is 0 Å². The number of fused-ring (bicyclic) bond motifs is 5. The monoisotopic (exact) mass is 772 g/mol. The van der Waals surface area contributed by atoms with Crippen molar-refractivity contribution in [3.63, 3.8) is 0 Å². The molecule has 0 unspecified atom stereocenters. The van der Waals surface area contributed by atoms with E-state index in [0.717, 1.165) is 94.0 Å². The Morgan fingerprint density at radius 1 is 0.288 bits per heavy atom. The van der Waals surface area contributed by atoms with Crippen LogP contribution < -0.4 is 0 Å². The van der Waals surface area contributed by atoms with Crippen molar-refractivity contribution < 1.29 is 0 Å². The van der Waals surface area contributed by atoms with E-state index in [-0.39, 0.29) is 0 Å². The summed E-state index contributed by atoms with van der Waals surface area (Å²) in [4.78, 5) is 20.5. The van der Waals surface area contributed by atoms with Gasteiger partial charge in [-0.2, -0.15) is 8.75 Å². The van der Waals surface area contributed by atoms with Gasteiger partial charge in [0, 0.05) is 38.4 Å². The van der Waals surface area contributed by atoms with E-state index < -0.39 is 0 Å². The average Bonchev–Trinajstić information content (AvgIpc) is 3.81. The highest BCUT2D eigenvalue weighted by Gasteiger charge is 2.17. The van der Waals surface area contributed by atoms with Crippen LogP contribution in [0.3, 0.4) is 0 Å². The lowest BCUT2D eigenvalue weighted by molar-refractivity contribution is 1.07. The molecule has 0 fully saturated rings. The van der Waals surface area contributed by atoms with Crippen LogP contribution in [0.5, 0.6) is 0 Å². The van der Waals surface area contributed by atoms with Crippen LogP contribution >= 0.6 is 11.7 Å². The first-order valence-corrected chi connectivity index (χ1v) is 20.2. The molecule has 0 amide bonds. The first-order chi connectivity index (χ1) is 29.2. The zero-order valence-corrected chi connectivity index (χ0v) is 32.4. The molecule has 6 nitrogen and oxygen atoms in total. The largest absolute Gasteiger partial charge is 0.247 e. The van der Waals surface area contributed by atoms with Gasteiger partial charge in [-0.15, -0.1) is 0 Å². The van der Waals surface area contributed by atoms with Gasteiger partial charge in [0.25, 0.3) is 0 Å². The fraction of sp³-hybridized carbons (Fsp3) is 0. The molecule has 0 saturated carbocycles. The van der Waals surface area contributed by atoms with Crippen LogP contribution in [0.2, 0.25) is 0 Å². The van der Waals surface area contributed by atoms with E-state index in [4.69, 9.17) is 19.9 Å². The molecule has 0 N–H and O–H groups in total. The number of rotatable bonds is 7. The van der Waals surface area contributed by atoms with E-state index >= 15 is 0 Å². The van der Waals surface area contributed by atoms with Crippen molar-refractivity contribution in [1.82, 2.24) is 28.7 Å². The van der Waals surface area contributed by atoms with Crippen molar-refractivity contribution in [1.29, 1.82) is 0 Å². The molecule has 0 aliphatic heterocycles. The average molecular weight is 773 g/mol. The molecule has 0 bridgehead atoms. The second-order valence-electron chi connectivity index (χ2n) is 14.5. The van der Waals surface area contributed by atoms with Crippen LogP contribution in [0.1, 0.15) is 0 Å². The van der Waals surface area contributed by atoms with Gasteiger partial charge in [-0.3, -0.25) is 0 Å². The highest BCUT2D eigenvalue weighted by atomic mass is 32.1.